The van der Waals surface area contributed by atoms with E-state index in [0.29, 0.717) is 24.6 Å². The van der Waals surface area contributed by atoms with E-state index in [1.165, 1.54) is 6.08 Å². The van der Waals surface area contributed by atoms with Crippen molar-refractivity contribution in [3.63, 3.8) is 0 Å². The van der Waals surface area contributed by atoms with Gasteiger partial charge < -0.3 is 61.0 Å². The van der Waals surface area contributed by atoms with Crippen molar-refractivity contribution in [3.05, 3.63) is 22.0 Å². The van der Waals surface area contributed by atoms with Crippen LogP contribution in [0.5, 0.6) is 0 Å². The molecule has 5 heterocycles. The van der Waals surface area contributed by atoms with Gasteiger partial charge in [-0.05, 0) is 12.5 Å². The molecule has 10 N–H and O–H groups in total. The molecule has 49 heavy (non-hydrogen) atoms. The fraction of sp³-hybridized carbons (Fsp3) is 0.690. The summed E-state index contributed by atoms with van der Waals surface area (Å²) in [6.45, 7) is -0.737. The van der Waals surface area contributed by atoms with Crippen molar-refractivity contribution < 1.29 is 68.6 Å². The summed E-state index contributed by atoms with van der Waals surface area (Å²) in [7, 11) is 4.23. The number of esters is 1. The zero-order valence-electron chi connectivity index (χ0n) is 26.5. The Morgan fingerprint density at radius 2 is 1.67 bits per heavy atom. The van der Waals surface area contributed by atoms with E-state index in [2.05, 4.69) is 24.7 Å². The number of aliphatic carboxylic acids is 2. The number of piperidine rings is 1. The van der Waals surface area contributed by atoms with Gasteiger partial charge in [-0.1, -0.05) is 29.6 Å². The number of carboxylic acid groups (broad SMARTS) is 2. The Kier molecular flexibility index (Phi) is 11.3. The van der Waals surface area contributed by atoms with E-state index >= 15 is 0 Å². The minimum Gasteiger partial charge on any atom is -0.480 e. The van der Waals surface area contributed by atoms with Crippen LogP contribution in [-0.2, 0) is 33.4 Å². The Bertz CT molecular complexity index is 1410. The van der Waals surface area contributed by atoms with Gasteiger partial charge in [0.15, 0.2) is 0 Å². The van der Waals surface area contributed by atoms with Crippen LogP contribution in [0.2, 0.25) is 0 Å². The fourth-order valence-electron chi connectivity index (χ4n) is 6.70. The summed E-state index contributed by atoms with van der Waals surface area (Å²) in [4.78, 5) is 61.2. The van der Waals surface area contributed by atoms with Gasteiger partial charge in [0.05, 0.1) is 19.3 Å². The number of likely N-dealkylation sites (N-methyl/N-ethyl adjacent to an activating group) is 1. The summed E-state index contributed by atoms with van der Waals surface area (Å²) in [5, 5.41) is 65.3. The van der Waals surface area contributed by atoms with E-state index in [-0.39, 0.29) is 52.7 Å². The van der Waals surface area contributed by atoms with Crippen molar-refractivity contribution >= 4 is 65.0 Å². The second-order valence-electron chi connectivity index (χ2n) is 13.1. The number of thioether (sulfide) groups is 3. The maximum absolute atomic E-state index is 13.9. The SMILES string of the molecule is C[N+]1(C)[C@@H]2CC(OC(=O)C(O)(C3=CC(O)C(O)S3)C3=CC(SC[C@H](NC(=O)CC[C@H](N)C(=O)O)C(=O)NCC(=O)O)C(O)S3)C[C@H]1[C@@H]1O[C@@H]12. The molecule has 2 amide bonds. The highest BCUT2D eigenvalue weighted by Crippen LogP contribution is 2.53. The molecule has 0 radical (unpaired) electrons. The van der Waals surface area contributed by atoms with Crippen LogP contribution in [0, 0.1) is 0 Å². The van der Waals surface area contributed by atoms with Crippen LogP contribution in [0.25, 0.3) is 0 Å². The molecule has 0 aromatic carbocycles. The summed E-state index contributed by atoms with van der Waals surface area (Å²) in [5.41, 5.74) is 0.343. The molecule has 3 fully saturated rings. The number of rotatable bonds is 15. The van der Waals surface area contributed by atoms with Gasteiger partial charge in [0.1, 0.15) is 66.0 Å². The zero-order chi connectivity index (χ0) is 36.0. The number of nitrogens with two attached hydrogens (primary N) is 1. The maximum Gasteiger partial charge on any atom is 0.349 e. The monoisotopic (exact) mass is 749 g/mol. The molecule has 0 saturated carbocycles. The van der Waals surface area contributed by atoms with Gasteiger partial charge in [-0.3, -0.25) is 19.2 Å². The molecule has 5 rings (SSSR count). The van der Waals surface area contributed by atoms with E-state index in [1.807, 2.05) is 0 Å². The van der Waals surface area contributed by atoms with Gasteiger partial charge in [0.25, 0.3) is 0 Å². The summed E-state index contributed by atoms with van der Waals surface area (Å²) in [6, 6.07) is -2.41. The fourth-order valence-corrected chi connectivity index (χ4v) is 10.4. The highest BCUT2D eigenvalue weighted by Gasteiger charge is 2.71. The number of aliphatic hydroxyl groups excluding tert-OH is 3. The third-order valence-corrected chi connectivity index (χ3v) is 13.5. The summed E-state index contributed by atoms with van der Waals surface area (Å²) >= 11 is 2.40. The van der Waals surface area contributed by atoms with Crippen LogP contribution >= 0.6 is 35.3 Å². The Hall–Kier alpha value is -2.40. The van der Waals surface area contributed by atoms with Crippen LogP contribution in [0.3, 0.4) is 0 Å². The van der Waals surface area contributed by atoms with Crippen molar-refractivity contribution in [1.29, 1.82) is 0 Å². The Morgan fingerprint density at radius 3 is 2.24 bits per heavy atom. The first-order chi connectivity index (χ1) is 22.9. The summed E-state index contributed by atoms with van der Waals surface area (Å²) < 4.78 is 12.5. The molecular weight excluding hydrogens is 709 g/mol. The standard InChI is InChI=1S/C29H40N4O13S3/c1-33(2)14-5-11(6-15(33)23-22(14)46-23)45-28(43)29(44,18-7-16(34)26(41)48-18)19-8-17(27(42)49-19)47-10-13(24(38)31-9-21(36)37)32-20(35)4-3-12(30)25(39)40/h7-8,11-17,22-23,26-27,34,41-42,44H,3-6,9-10,30H2,1-2H3,(H3-,31,32,35,36,37,38,39,40)/p+1/t11?,12-,13-,14-,15+,16?,17?,22-,23+,26?,27?,29?/m0/s1. The van der Waals surface area contributed by atoms with E-state index < -0.39 is 82.3 Å². The van der Waals surface area contributed by atoms with Crippen molar-refractivity contribution in [2.75, 3.05) is 26.4 Å². The van der Waals surface area contributed by atoms with Gasteiger partial charge in [-0.15, -0.1) is 11.8 Å². The third-order valence-electron chi connectivity index (χ3n) is 9.55. The smallest absolute Gasteiger partial charge is 0.349 e. The first kappa shape index (κ1) is 37.8. The van der Waals surface area contributed by atoms with Crippen molar-refractivity contribution in [3.8, 4) is 0 Å². The molecule has 0 spiro atoms. The predicted octanol–water partition coefficient (Wildman–Crippen LogP) is -2.74. The number of hydrogen-bond donors (Lipinski definition) is 9. The normalized spacial score (nSPS) is 34.8. The Morgan fingerprint density at radius 1 is 1.06 bits per heavy atom. The highest BCUT2D eigenvalue weighted by atomic mass is 32.2. The number of nitrogens with zero attached hydrogens (tertiary/aromatic N) is 1. The lowest BCUT2D eigenvalue weighted by Gasteiger charge is -2.45. The van der Waals surface area contributed by atoms with Crippen LogP contribution in [0.15, 0.2) is 22.0 Å². The zero-order valence-corrected chi connectivity index (χ0v) is 29.0. The predicted molar refractivity (Wildman–Crippen MR) is 175 cm³/mol. The molecule has 0 aliphatic carbocycles. The molecule has 0 aromatic rings. The van der Waals surface area contributed by atoms with Crippen molar-refractivity contribution in [1.82, 2.24) is 10.6 Å². The van der Waals surface area contributed by atoms with Crippen molar-refractivity contribution in [2.45, 2.75) is 96.0 Å². The first-order valence-corrected chi connectivity index (χ1v) is 18.4. The van der Waals surface area contributed by atoms with Gasteiger partial charge in [-0.25, -0.2) is 4.79 Å². The van der Waals surface area contributed by atoms with E-state index in [4.69, 9.17) is 25.4 Å². The third kappa shape index (κ3) is 7.92. The number of nitrogens with one attached hydrogen (secondary N) is 2. The molecule has 5 aliphatic heterocycles. The number of ether oxygens (including phenoxy) is 2. The number of amides is 2. The maximum atomic E-state index is 13.9. The molecular formula is C29H41N4O13S3+. The van der Waals surface area contributed by atoms with E-state index in [9.17, 15) is 44.4 Å². The van der Waals surface area contributed by atoms with Gasteiger partial charge in [0, 0.05) is 34.8 Å². The lowest BCUT2D eigenvalue weighted by molar-refractivity contribution is -0.938. The topological polar surface area (TPSA) is 279 Å². The number of hydrogen-bond acceptors (Lipinski definition) is 15. The van der Waals surface area contributed by atoms with Gasteiger partial charge in [-0.2, -0.15) is 0 Å². The van der Waals surface area contributed by atoms with Gasteiger partial charge in [0.2, 0.25) is 17.4 Å². The van der Waals surface area contributed by atoms with Gasteiger partial charge >= 0.3 is 17.9 Å². The quantitative estimate of drug-likeness (QED) is 0.0466. The summed E-state index contributed by atoms with van der Waals surface area (Å²) in [5.74, 6) is -5.44. The largest absolute Gasteiger partial charge is 0.480 e. The minimum atomic E-state index is -2.49. The number of fused-ring (bicyclic) bond motifs is 5. The molecule has 2 bridgehead atoms. The number of morpholine rings is 1. The first-order valence-electron chi connectivity index (χ1n) is 15.6. The number of carboxylic acids is 2. The lowest BCUT2D eigenvalue weighted by Crippen LogP contribution is -2.60. The number of epoxide rings is 1. The molecule has 12 atom stereocenters. The average molecular weight is 750 g/mol. The molecule has 17 nitrogen and oxygen atoms in total. The molecule has 6 unspecified atom stereocenters. The highest BCUT2D eigenvalue weighted by molar-refractivity contribution is 8.07. The molecule has 5 aliphatic rings. The molecule has 3 saturated heterocycles. The van der Waals surface area contributed by atoms with E-state index in [1.54, 1.807) is 0 Å². The number of carbonyl (C=O) groups excluding carboxylic acids is 3. The summed E-state index contributed by atoms with van der Waals surface area (Å²) in [6.07, 6.45) is 1.30. The van der Waals surface area contributed by atoms with Crippen LogP contribution < -0.4 is 16.4 Å². The van der Waals surface area contributed by atoms with Crippen molar-refractivity contribution in [2.24, 2.45) is 5.73 Å². The van der Waals surface area contributed by atoms with Crippen LogP contribution in [-0.4, -0.2) is 162 Å². The second kappa shape index (κ2) is 14.7. The molecule has 20 heteroatoms. The molecule has 0 aromatic heterocycles. The minimum absolute atomic E-state index is 0.0257. The van der Waals surface area contributed by atoms with E-state index in [0.717, 1.165) is 34.1 Å². The second-order valence-corrected chi connectivity index (χ2v) is 16.6. The Labute approximate surface area is 293 Å². The number of aliphatic hydroxyl groups is 4. The van der Waals surface area contributed by atoms with Crippen LogP contribution in [0.4, 0.5) is 0 Å². The molecule has 272 valence electrons. The number of carbonyl (C=O) groups is 5. The number of quaternary nitrogens is 1. The van der Waals surface area contributed by atoms with Crippen LogP contribution in [0.1, 0.15) is 25.7 Å². The lowest BCUT2D eigenvalue weighted by atomic mass is 9.95. The average Bonchev–Trinajstić information content (AvgIpc) is 3.58. The Balaban J connectivity index is 1.30.